The lowest BCUT2D eigenvalue weighted by molar-refractivity contribution is -0.128. The molecule has 0 spiro atoms. The van der Waals surface area contributed by atoms with E-state index in [9.17, 15) is 13.6 Å². The Labute approximate surface area is 116 Å². The molecule has 0 atom stereocenters. The first-order valence-electron chi connectivity index (χ1n) is 6.57. The van der Waals surface area contributed by atoms with Crippen molar-refractivity contribution in [2.45, 2.75) is 13.3 Å². The number of aromatic nitrogens is 1. The van der Waals surface area contributed by atoms with Gasteiger partial charge in [-0.15, -0.1) is 0 Å². The number of carbonyl (C=O) groups is 1. The summed E-state index contributed by atoms with van der Waals surface area (Å²) in [5.41, 5.74) is 0. The van der Waals surface area contributed by atoms with Crippen LogP contribution in [0.5, 0.6) is 0 Å². The van der Waals surface area contributed by atoms with Gasteiger partial charge in [-0.05, 0) is 6.42 Å². The summed E-state index contributed by atoms with van der Waals surface area (Å²) in [6.07, 6.45) is 0.729. The van der Waals surface area contributed by atoms with Crippen LogP contribution in [-0.4, -0.2) is 49.0 Å². The molecule has 1 aliphatic heterocycles. The summed E-state index contributed by atoms with van der Waals surface area (Å²) in [4.78, 5) is 18.8. The van der Waals surface area contributed by atoms with Crippen molar-refractivity contribution in [3.05, 3.63) is 17.7 Å². The molecule has 0 radical (unpaired) electrons. The van der Waals surface area contributed by atoms with Gasteiger partial charge in [0.15, 0.2) is 23.3 Å². The molecule has 2 heterocycles. The highest BCUT2D eigenvalue weighted by Gasteiger charge is 2.21. The Kier molecular flexibility index (Phi) is 4.36. The van der Waals surface area contributed by atoms with Crippen LogP contribution in [0.25, 0.3) is 0 Å². The highest BCUT2D eigenvalue weighted by atomic mass is 19.1. The van der Waals surface area contributed by atoms with Gasteiger partial charge in [0.1, 0.15) is 0 Å². The molecule has 0 unspecified atom stereocenters. The van der Waals surface area contributed by atoms with Gasteiger partial charge in [-0.1, -0.05) is 0 Å². The van der Waals surface area contributed by atoms with E-state index >= 15 is 0 Å². The van der Waals surface area contributed by atoms with Crippen LogP contribution < -0.4 is 10.2 Å². The molecule has 0 aliphatic carbocycles. The first-order valence-corrected chi connectivity index (χ1v) is 6.57. The second-order valence-corrected chi connectivity index (χ2v) is 4.72. The Balaban J connectivity index is 2.21. The van der Waals surface area contributed by atoms with Crippen LogP contribution in [-0.2, 0) is 4.79 Å². The Morgan fingerprint density at radius 3 is 2.65 bits per heavy atom. The van der Waals surface area contributed by atoms with Crippen molar-refractivity contribution in [2.24, 2.45) is 0 Å². The number of rotatable bonds is 2. The molecule has 0 saturated carbocycles. The van der Waals surface area contributed by atoms with Crippen LogP contribution in [0.15, 0.2) is 6.07 Å². The zero-order chi connectivity index (χ0) is 14.7. The maximum atomic E-state index is 13.9. The fourth-order valence-electron chi connectivity index (χ4n) is 2.30. The maximum absolute atomic E-state index is 13.9. The maximum Gasteiger partial charge on any atom is 0.219 e. The molecule has 0 aromatic carbocycles. The van der Waals surface area contributed by atoms with E-state index in [2.05, 4.69) is 10.3 Å². The van der Waals surface area contributed by atoms with Gasteiger partial charge in [-0.3, -0.25) is 4.79 Å². The topological polar surface area (TPSA) is 48.5 Å². The number of hydrogen-bond acceptors (Lipinski definition) is 4. The summed E-state index contributed by atoms with van der Waals surface area (Å²) in [6.45, 7) is 3.75. The zero-order valence-electron chi connectivity index (χ0n) is 11.6. The van der Waals surface area contributed by atoms with E-state index < -0.39 is 11.6 Å². The van der Waals surface area contributed by atoms with Gasteiger partial charge in [0.05, 0.1) is 0 Å². The van der Waals surface area contributed by atoms with Crippen molar-refractivity contribution in [1.82, 2.24) is 9.88 Å². The zero-order valence-corrected chi connectivity index (χ0v) is 11.6. The van der Waals surface area contributed by atoms with Crippen LogP contribution in [0.1, 0.15) is 13.3 Å². The fourth-order valence-corrected chi connectivity index (χ4v) is 2.30. The normalized spacial score (nSPS) is 16.0. The van der Waals surface area contributed by atoms with E-state index in [0.717, 1.165) is 12.5 Å². The summed E-state index contributed by atoms with van der Waals surface area (Å²) >= 11 is 0. The van der Waals surface area contributed by atoms with E-state index in [1.54, 1.807) is 9.80 Å². The van der Waals surface area contributed by atoms with Gasteiger partial charge in [0.2, 0.25) is 5.91 Å². The van der Waals surface area contributed by atoms with Gasteiger partial charge < -0.3 is 15.1 Å². The lowest BCUT2D eigenvalue weighted by Crippen LogP contribution is -2.34. The SMILES string of the molecule is CNc1nc(N2CCCN(C(C)=O)CC2)c(F)cc1F. The molecule has 1 fully saturated rings. The van der Waals surface area contributed by atoms with E-state index in [1.807, 2.05) is 0 Å². The largest absolute Gasteiger partial charge is 0.371 e. The number of hydrogen-bond donors (Lipinski definition) is 1. The molecule has 1 N–H and O–H groups in total. The highest BCUT2D eigenvalue weighted by molar-refractivity contribution is 5.73. The van der Waals surface area contributed by atoms with Gasteiger partial charge in [-0.2, -0.15) is 0 Å². The summed E-state index contributed by atoms with van der Waals surface area (Å²) < 4.78 is 27.3. The average molecular weight is 284 g/mol. The van der Waals surface area contributed by atoms with E-state index in [0.29, 0.717) is 26.2 Å². The Hall–Kier alpha value is -1.92. The van der Waals surface area contributed by atoms with E-state index in [4.69, 9.17) is 0 Å². The van der Waals surface area contributed by atoms with Crippen molar-refractivity contribution >= 4 is 17.5 Å². The third-order valence-corrected chi connectivity index (χ3v) is 3.39. The summed E-state index contributed by atoms with van der Waals surface area (Å²) in [5.74, 6) is -1.24. The van der Waals surface area contributed by atoms with Crippen LogP contribution in [0.4, 0.5) is 20.4 Å². The lowest BCUT2D eigenvalue weighted by atomic mass is 10.3. The monoisotopic (exact) mass is 284 g/mol. The van der Waals surface area contributed by atoms with Crippen LogP contribution in [0.3, 0.4) is 0 Å². The minimum Gasteiger partial charge on any atom is -0.371 e. The van der Waals surface area contributed by atoms with Crippen molar-refractivity contribution in [2.75, 3.05) is 43.4 Å². The molecular weight excluding hydrogens is 266 g/mol. The minimum absolute atomic E-state index is 0.00954. The first kappa shape index (κ1) is 14.5. The van der Waals surface area contributed by atoms with E-state index in [1.165, 1.54) is 14.0 Å². The fraction of sp³-hybridized carbons (Fsp3) is 0.538. The lowest BCUT2D eigenvalue weighted by Gasteiger charge is -2.23. The van der Waals surface area contributed by atoms with Crippen LogP contribution >= 0.6 is 0 Å². The van der Waals surface area contributed by atoms with Crippen molar-refractivity contribution in [3.8, 4) is 0 Å². The van der Waals surface area contributed by atoms with Gasteiger partial charge in [0.25, 0.3) is 0 Å². The van der Waals surface area contributed by atoms with Crippen molar-refractivity contribution < 1.29 is 13.6 Å². The molecule has 0 bridgehead atoms. The van der Waals surface area contributed by atoms with Crippen molar-refractivity contribution in [1.29, 1.82) is 0 Å². The predicted molar refractivity (Wildman–Crippen MR) is 72.8 cm³/mol. The number of nitrogens with zero attached hydrogens (tertiary/aromatic N) is 3. The van der Waals surface area contributed by atoms with Crippen molar-refractivity contribution in [3.63, 3.8) is 0 Å². The number of halogens is 2. The molecule has 1 aromatic rings. The number of carbonyl (C=O) groups excluding carboxylic acids is 1. The molecule has 1 aromatic heterocycles. The second kappa shape index (κ2) is 6.02. The predicted octanol–water partition coefficient (Wildman–Crippen LogP) is 1.46. The molecule has 7 heteroatoms. The smallest absolute Gasteiger partial charge is 0.219 e. The molecule has 2 rings (SSSR count). The Morgan fingerprint density at radius 1 is 1.25 bits per heavy atom. The molecule has 5 nitrogen and oxygen atoms in total. The third-order valence-electron chi connectivity index (χ3n) is 3.39. The molecule has 20 heavy (non-hydrogen) atoms. The molecular formula is C13H18F2N4O. The third kappa shape index (κ3) is 2.97. The van der Waals surface area contributed by atoms with Gasteiger partial charge >= 0.3 is 0 Å². The van der Waals surface area contributed by atoms with Gasteiger partial charge in [0, 0.05) is 46.2 Å². The van der Waals surface area contributed by atoms with E-state index in [-0.39, 0.29) is 17.5 Å². The molecule has 110 valence electrons. The number of anilines is 2. The van der Waals surface area contributed by atoms with Crippen LogP contribution in [0, 0.1) is 11.6 Å². The minimum atomic E-state index is -0.714. The Bertz CT molecular complexity index is 509. The van der Waals surface area contributed by atoms with Crippen LogP contribution in [0.2, 0.25) is 0 Å². The summed E-state index contributed by atoms with van der Waals surface area (Å²) in [5, 5.41) is 2.60. The first-order chi connectivity index (χ1) is 9.52. The summed E-state index contributed by atoms with van der Waals surface area (Å²) in [7, 11) is 1.53. The Morgan fingerprint density at radius 2 is 2.00 bits per heavy atom. The number of nitrogens with one attached hydrogen (secondary N) is 1. The number of amides is 1. The average Bonchev–Trinajstić information content (AvgIpc) is 2.65. The standard InChI is InChI=1S/C13H18F2N4O/c1-9(20)18-4-3-5-19(7-6-18)13-11(15)8-10(14)12(16-2)17-13/h8H,3-7H2,1-2H3,(H,16,17). The quantitative estimate of drug-likeness (QED) is 0.893. The molecule has 1 saturated heterocycles. The second-order valence-electron chi connectivity index (χ2n) is 4.72. The van der Waals surface area contributed by atoms with Gasteiger partial charge in [-0.25, -0.2) is 13.8 Å². The number of pyridine rings is 1. The molecule has 1 amide bonds. The highest BCUT2D eigenvalue weighted by Crippen LogP contribution is 2.23. The molecule has 1 aliphatic rings. The summed E-state index contributed by atoms with van der Waals surface area (Å²) in [6, 6.07) is 0.835.